The molecular formula is C28H44ClNO8. The summed E-state index contributed by atoms with van der Waals surface area (Å²) in [7, 11) is 0. The fourth-order valence-electron chi connectivity index (χ4n) is 8.14. The molecule has 2 saturated carbocycles. The molecule has 0 amide bonds. The maximum atomic E-state index is 14.1. The van der Waals surface area contributed by atoms with Crippen molar-refractivity contribution in [3.63, 3.8) is 0 Å². The number of Topliss-reactive ketones (excluding diaryl/α,β-unsaturated/α-hetero) is 1. The molecule has 38 heavy (non-hydrogen) atoms. The van der Waals surface area contributed by atoms with Crippen LogP contribution in [0.3, 0.4) is 0 Å². The van der Waals surface area contributed by atoms with Crippen LogP contribution in [-0.4, -0.2) is 87.6 Å². The summed E-state index contributed by atoms with van der Waals surface area (Å²) in [6.07, 6.45) is 0.859. The Morgan fingerprint density at radius 1 is 1.16 bits per heavy atom. The first-order valence-corrected chi connectivity index (χ1v) is 13.4. The number of rotatable bonds is 5. The number of carbonyl (C=O) groups excluding carboxylic acids is 3. The molecule has 10 heteroatoms. The first-order valence-electron chi connectivity index (χ1n) is 13.4. The molecule has 0 bridgehead atoms. The highest BCUT2D eigenvalue weighted by molar-refractivity contribution is 5.92. The van der Waals surface area contributed by atoms with Gasteiger partial charge in [-0.1, -0.05) is 26.8 Å². The molecule has 2 N–H and O–H groups in total. The van der Waals surface area contributed by atoms with Gasteiger partial charge in [-0.15, -0.1) is 19.0 Å². The van der Waals surface area contributed by atoms with E-state index in [0.717, 1.165) is 25.9 Å². The molecule has 0 spiro atoms. The Morgan fingerprint density at radius 2 is 1.76 bits per heavy atom. The van der Waals surface area contributed by atoms with Crippen LogP contribution in [0.25, 0.3) is 0 Å². The third kappa shape index (κ3) is 4.42. The zero-order valence-electron chi connectivity index (χ0n) is 23.5. The van der Waals surface area contributed by atoms with Crippen LogP contribution >= 0.6 is 12.4 Å². The summed E-state index contributed by atoms with van der Waals surface area (Å²) < 4.78 is 18.2. The monoisotopic (exact) mass is 557 g/mol. The van der Waals surface area contributed by atoms with Crippen molar-refractivity contribution in [1.29, 1.82) is 0 Å². The lowest BCUT2D eigenvalue weighted by Gasteiger charge is -2.71. The third-order valence-electron chi connectivity index (χ3n) is 9.81. The molecular weight excluding hydrogens is 514 g/mol. The normalized spacial score (nSPS) is 44.3. The van der Waals surface area contributed by atoms with Crippen LogP contribution in [-0.2, 0) is 28.6 Å². The molecule has 0 radical (unpaired) electrons. The van der Waals surface area contributed by atoms with Crippen LogP contribution in [0, 0.1) is 16.7 Å². The van der Waals surface area contributed by atoms with E-state index >= 15 is 0 Å². The van der Waals surface area contributed by atoms with Crippen molar-refractivity contribution in [2.75, 3.05) is 19.6 Å². The third-order valence-corrected chi connectivity index (χ3v) is 9.81. The van der Waals surface area contributed by atoms with E-state index in [-0.39, 0.29) is 25.4 Å². The van der Waals surface area contributed by atoms with Gasteiger partial charge in [-0.3, -0.25) is 19.3 Å². The molecule has 2 heterocycles. The van der Waals surface area contributed by atoms with Gasteiger partial charge in [-0.05, 0) is 58.0 Å². The van der Waals surface area contributed by atoms with Crippen molar-refractivity contribution >= 4 is 30.1 Å². The Bertz CT molecular complexity index is 982. The Morgan fingerprint density at radius 3 is 2.32 bits per heavy atom. The van der Waals surface area contributed by atoms with Crippen molar-refractivity contribution < 1.29 is 38.8 Å². The van der Waals surface area contributed by atoms with Crippen LogP contribution in [0.5, 0.6) is 0 Å². The number of fused-ring (bicyclic) bond motifs is 3. The van der Waals surface area contributed by atoms with E-state index in [0.29, 0.717) is 12.8 Å². The van der Waals surface area contributed by atoms with E-state index in [2.05, 4.69) is 6.58 Å². The van der Waals surface area contributed by atoms with Gasteiger partial charge in [0.1, 0.15) is 11.7 Å². The molecule has 2 saturated heterocycles. The largest absolute Gasteiger partial charge is 0.461 e. The van der Waals surface area contributed by atoms with Gasteiger partial charge in [0.15, 0.2) is 17.5 Å². The quantitative estimate of drug-likeness (QED) is 0.388. The summed E-state index contributed by atoms with van der Waals surface area (Å²) in [6.45, 7) is 15.6. The van der Waals surface area contributed by atoms with E-state index in [1.807, 2.05) is 18.7 Å². The number of hydrogen-bond acceptors (Lipinski definition) is 9. The van der Waals surface area contributed by atoms with E-state index < -0.39 is 69.6 Å². The maximum absolute atomic E-state index is 14.1. The Labute approximate surface area is 231 Å². The molecule has 4 fully saturated rings. The number of nitrogens with zero attached hydrogens (tertiary/aromatic N) is 1. The van der Waals surface area contributed by atoms with Crippen molar-refractivity contribution in [3.8, 4) is 0 Å². The van der Waals surface area contributed by atoms with Crippen molar-refractivity contribution in [1.82, 2.24) is 4.90 Å². The zero-order valence-corrected chi connectivity index (χ0v) is 24.3. The standard InChI is InChI=1S/C28H43NO8.ClH/c1-8-25(5)15-18(31)28(34)26(6)19(36-20(32)16-29-13-9-10-14-29)11-12-24(3,4)22(26)21(33)23(35-17(2)30)27(28,7)37-25;/h8,19,21-23,33-34H,1,9-16H2,2-7H3;1H/t19-,21-,22-,23-,25-,26-,27+,28-;/m0./s1. The lowest BCUT2D eigenvalue weighted by molar-refractivity contribution is -0.370. The minimum Gasteiger partial charge on any atom is -0.461 e. The van der Waals surface area contributed by atoms with Crippen LogP contribution < -0.4 is 0 Å². The summed E-state index contributed by atoms with van der Waals surface area (Å²) in [5, 5.41) is 24.6. The number of likely N-dealkylation sites (tertiary alicyclic amines) is 1. The summed E-state index contributed by atoms with van der Waals surface area (Å²) in [5.41, 5.74) is -7.25. The van der Waals surface area contributed by atoms with Crippen LogP contribution in [0.15, 0.2) is 12.7 Å². The Balaban J connectivity index is 0.00000400. The van der Waals surface area contributed by atoms with Crippen LogP contribution in [0.2, 0.25) is 0 Å². The van der Waals surface area contributed by atoms with Gasteiger partial charge in [0, 0.05) is 24.7 Å². The lowest BCUT2D eigenvalue weighted by atomic mass is 9.39. The number of aliphatic hydroxyl groups is 2. The number of aliphatic hydroxyl groups excluding tert-OH is 1. The van der Waals surface area contributed by atoms with Gasteiger partial charge >= 0.3 is 11.9 Å². The molecule has 4 aliphatic rings. The topological polar surface area (TPSA) is 123 Å². The zero-order chi connectivity index (χ0) is 27.6. The van der Waals surface area contributed by atoms with Gasteiger partial charge in [0.25, 0.3) is 0 Å². The first kappa shape index (κ1) is 31.0. The summed E-state index contributed by atoms with van der Waals surface area (Å²) in [5.74, 6) is -2.35. The Hall–Kier alpha value is -1.52. The average molecular weight is 558 g/mol. The molecule has 2 aliphatic heterocycles. The number of carbonyl (C=O) groups is 3. The molecule has 216 valence electrons. The van der Waals surface area contributed by atoms with E-state index in [4.69, 9.17) is 14.2 Å². The van der Waals surface area contributed by atoms with Crippen molar-refractivity contribution in [3.05, 3.63) is 12.7 Å². The number of esters is 2. The van der Waals surface area contributed by atoms with E-state index in [1.54, 1.807) is 13.8 Å². The number of hydrogen-bond donors (Lipinski definition) is 2. The molecule has 0 aromatic rings. The van der Waals surface area contributed by atoms with E-state index in [1.165, 1.54) is 19.9 Å². The minimum atomic E-state index is -2.23. The molecule has 9 nitrogen and oxygen atoms in total. The van der Waals surface area contributed by atoms with Crippen molar-refractivity contribution in [2.45, 2.75) is 109 Å². The SMILES string of the molecule is C=C[C@@]1(C)CC(=O)[C@]2(O)[C@@]3(C)[C@@H](OC(=O)CN4CCCC4)CCC(C)(C)[C@@H]3[C@H](O)[C@H](OC(C)=O)[C@@]2(C)O1.Cl. The highest BCUT2D eigenvalue weighted by Gasteiger charge is 2.82. The number of ketones is 1. The predicted octanol–water partition coefficient (Wildman–Crippen LogP) is 2.59. The van der Waals surface area contributed by atoms with Crippen LogP contribution in [0.4, 0.5) is 0 Å². The van der Waals surface area contributed by atoms with Gasteiger partial charge < -0.3 is 24.4 Å². The molecule has 0 aromatic heterocycles. The number of ether oxygens (including phenoxy) is 3. The molecule has 0 aromatic carbocycles. The summed E-state index contributed by atoms with van der Waals surface area (Å²) in [4.78, 5) is 41.5. The smallest absolute Gasteiger partial charge is 0.320 e. The molecule has 4 rings (SSSR count). The lowest BCUT2D eigenvalue weighted by Crippen LogP contribution is -2.87. The second-order valence-corrected chi connectivity index (χ2v) is 12.8. The van der Waals surface area contributed by atoms with Gasteiger partial charge in [0.05, 0.1) is 18.2 Å². The summed E-state index contributed by atoms with van der Waals surface area (Å²) in [6, 6.07) is 0. The minimum absolute atomic E-state index is 0. The highest BCUT2D eigenvalue weighted by atomic mass is 35.5. The Kier molecular flexibility index (Phi) is 8.28. The van der Waals surface area contributed by atoms with Gasteiger partial charge in [-0.2, -0.15) is 0 Å². The van der Waals surface area contributed by atoms with Crippen molar-refractivity contribution in [2.24, 2.45) is 16.7 Å². The fraction of sp³-hybridized carbons (Fsp3) is 0.821. The van der Waals surface area contributed by atoms with Gasteiger partial charge in [0.2, 0.25) is 0 Å². The molecule has 0 unspecified atom stereocenters. The second kappa shape index (κ2) is 10.1. The maximum Gasteiger partial charge on any atom is 0.320 e. The molecule has 2 aliphatic carbocycles. The van der Waals surface area contributed by atoms with Crippen LogP contribution in [0.1, 0.15) is 73.6 Å². The first-order chi connectivity index (χ1) is 17.1. The molecule has 8 atom stereocenters. The highest BCUT2D eigenvalue weighted by Crippen LogP contribution is 2.67. The number of halogens is 1. The predicted molar refractivity (Wildman–Crippen MR) is 142 cm³/mol. The average Bonchev–Trinajstić information content (AvgIpc) is 3.29. The second-order valence-electron chi connectivity index (χ2n) is 12.8. The fourth-order valence-corrected chi connectivity index (χ4v) is 8.14. The van der Waals surface area contributed by atoms with E-state index in [9.17, 15) is 24.6 Å². The summed E-state index contributed by atoms with van der Waals surface area (Å²) >= 11 is 0. The van der Waals surface area contributed by atoms with Gasteiger partial charge in [-0.25, -0.2) is 0 Å².